The van der Waals surface area contributed by atoms with Gasteiger partial charge in [0.25, 0.3) is 5.56 Å². The van der Waals surface area contributed by atoms with Crippen LogP contribution in [0.4, 0.5) is 0 Å². The summed E-state index contributed by atoms with van der Waals surface area (Å²) in [6.07, 6.45) is 2.00. The molecule has 0 atom stereocenters. The molecular weight excluding hydrogens is 448 g/mol. The highest BCUT2D eigenvalue weighted by molar-refractivity contribution is 7.22. The minimum atomic E-state index is -0.812. The van der Waals surface area contributed by atoms with E-state index in [1.54, 1.807) is 39.2 Å². The highest BCUT2D eigenvalue weighted by atomic mass is 35.5. The Hall–Kier alpha value is -2.87. The summed E-state index contributed by atoms with van der Waals surface area (Å²) in [5.74, 6) is 1.04. The van der Waals surface area contributed by atoms with Crippen molar-refractivity contribution in [3.05, 3.63) is 70.2 Å². The van der Waals surface area contributed by atoms with E-state index in [1.807, 2.05) is 30.3 Å². The summed E-state index contributed by atoms with van der Waals surface area (Å²) in [7, 11) is 1.55. The minimum Gasteiger partial charge on any atom is -0.493 e. The number of fused-ring (bicyclic) bond motifs is 1. The first-order valence-corrected chi connectivity index (χ1v) is 11.3. The Bertz CT molecular complexity index is 1310. The fourth-order valence-corrected chi connectivity index (χ4v) is 4.36. The monoisotopic (exact) mass is 470 g/mol. The smallest absolute Gasteiger partial charge is 0.275 e. The van der Waals surface area contributed by atoms with Crippen LogP contribution in [0, 0.1) is 0 Å². The molecule has 2 aromatic carbocycles. The Kier molecular flexibility index (Phi) is 6.24. The average Bonchev–Trinajstić information content (AvgIpc) is 3.19. The molecule has 0 fully saturated rings. The molecule has 1 N–H and O–H groups in total. The summed E-state index contributed by atoms with van der Waals surface area (Å²) in [4.78, 5) is 18.6. The number of hydrogen-bond acceptors (Lipinski definition) is 6. The summed E-state index contributed by atoms with van der Waals surface area (Å²) >= 11 is 7.38. The number of methoxy groups -OCH3 is 1. The van der Waals surface area contributed by atoms with E-state index in [0.717, 1.165) is 10.4 Å². The minimum absolute atomic E-state index is 0.155. The predicted octanol–water partition coefficient (Wildman–Crippen LogP) is 5.32. The third-order valence-electron chi connectivity index (χ3n) is 4.96. The number of halogens is 1. The molecule has 8 heteroatoms. The van der Waals surface area contributed by atoms with Gasteiger partial charge in [-0.25, -0.2) is 4.98 Å². The maximum Gasteiger partial charge on any atom is 0.275 e. The quantitative estimate of drug-likeness (QED) is 0.396. The van der Waals surface area contributed by atoms with Crippen LogP contribution in [0.2, 0.25) is 5.02 Å². The molecule has 0 saturated carbocycles. The molecule has 0 saturated heterocycles. The molecule has 0 radical (unpaired) electrons. The van der Waals surface area contributed by atoms with Crippen LogP contribution < -0.4 is 15.0 Å². The van der Waals surface area contributed by atoms with Gasteiger partial charge in [0.2, 0.25) is 0 Å². The van der Waals surface area contributed by atoms with Crippen LogP contribution >= 0.6 is 22.9 Å². The summed E-state index contributed by atoms with van der Waals surface area (Å²) in [6, 6.07) is 14.7. The fourth-order valence-electron chi connectivity index (χ4n) is 3.19. The molecule has 0 aliphatic rings. The van der Waals surface area contributed by atoms with E-state index >= 15 is 0 Å². The van der Waals surface area contributed by atoms with Crippen molar-refractivity contribution in [3.63, 3.8) is 0 Å². The van der Waals surface area contributed by atoms with Gasteiger partial charge in [-0.1, -0.05) is 23.7 Å². The lowest BCUT2D eigenvalue weighted by Crippen LogP contribution is -2.22. The standard InChI is InChI=1S/C24H23ClN2O4S/c1-24(2,29)10-11-31-19-9-8-17(12-20(19)30-3)27-14-26-18-13-21(32-22(18)23(27)28)15-4-6-16(25)7-5-15/h4-9,12-14,29H,10-11H2,1-3H3. The second kappa shape index (κ2) is 8.94. The van der Waals surface area contributed by atoms with Crippen molar-refractivity contribution in [3.8, 4) is 27.6 Å². The lowest BCUT2D eigenvalue weighted by atomic mass is 10.1. The van der Waals surface area contributed by atoms with Crippen LogP contribution in [0.1, 0.15) is 20.3 Å². The highest BCUT2D eigenvalue weighted by Gasteiger charge is 2.15. The Morgan fingerprint density at radius 2 is 1.88 bits per heavy atom. The van der Waals surface area contributed by atoms with E-state index in [-0.39, 0.29) is 5.56 Å². The molecular formula is C24H23ClN2O4S. The van der Waals surface area contributed by atoms with Crippen molar-refractivity contribution in [2.24, 2.45) is 0 Å². The number of ether oxygens (including phenoxy) is 2. The van der Waals surface area contributed by atoms with Gasteiger partial charge in [-0.2, -0.15) is 0 Å². The van der Waals surface area contributed by atoms with Gasteiger partial charge in [0.1, 0.15) is 11.0 Å². The Balaban J connectivity index is 1.66. The number of rotatable bonds is 7. The van der Waals surface area contributed by atoms with Crippen LogP contribution in [0.3, 0.4) is 0 Å². The number of thiophene rings is 1. The zero-order valence-corrected chi connectivity index (χ0v) is 19.5. The summed E-state index contributed by atoms with van der Waals surface area (Å²) in [5.41, 5.74) is 1.29. The Morgan fingerprint density at radius 3 is 2.56 bits per heavy atom. The molecule has 0 aliphatic heterocycles. The van der Waals surface area contributed by atoms with Gasteiger partial charge in [0.05, 0.1) is 30.5 Å². The number of hydrogen-bond donors (Lipinski definition) is 1. The second-order valence-electron chi connectivity index (χ2n) is 8.00. The first kappa shape index (κ1) is 22.3. The molecule has 166 valence electrons. The summed E-state index contributed by atoms with van der Waals surface area (Å²) < 4.78 is 13.3. The second-order valence-corrected chi connectivity index (χ2v) is 9.49. The maximum absolute atomic E-state index is 13.2. The van der Waals surface area contributed by atoms with Crippen molar-refractivity contribution < 1.29 is 14.6 Å². The topological polar surface area (TPSA) is 73.6 Å². The van der Waals surface area contributed by atoms with Crippen molar-refractivity contribution in [1.82, 2.24) is 9.55 Å². The lowest BCUT2D eigenvalue weighted by molar-refractivity contribution is 0.0549. The van der Waals surface area contributed by atoms with E-state index in [2.05, 4.69) is 4.98 Å². The lowest BCUT2D eigenvalue weighted by Gasteiger charge is -2.18. The van der Waals surface area contributed by atoms with Crippen molar-refractivity contribution in [2.45, 2.75) is 25.9 Å². The number of aliphatic hydroxyl groups is 1. The van der Waals surface area contributed by atoms with Crippen LogP contribution in [0.15, 0.2) is 59.7 Å². The maximum atomic E-state index is 13.2. The third-order valence-corrected chi connectivity index (χ3v) is 6.38. The normalized spacial score (nSPS) is 11.7. The van der Waals surface area contributed by atoms with Gasteiger partial charge in [-0.15, -0.1) is 11.3 Å². The summed E-state index contributed by atoms with van der Waals surface area (Å²) in [6.45, 7) is 3.81. The number of aromatic nitrogens is 2. The molecule has 32 heavy (non-hydrogen) atoms. The van der Waals surface area contributed by atoms with Crippen molar-refractivity contribution in [2.75, 3.05) is 13.7 Å². The zero-order chi connectivity index (χ0) is 22.9. The Morgan fingerprint density at radius 1 is 1.12 bits per heavy atom. The van der Waals surface area contributed by atoms with E-state index in [4.69, 9.17) is 21.1 Å². The SMILES string of the molecule is COc1cc(-n2cnc3cc(-c4ccc(Cl)cc4)sc3c2=O)ccc1OCCC(C)(C)O. The molecule has 0 aliphatic carbocycles. The largest absolute Gasteiger partial charge is 0.493 e. The van der Waals surface area contributed by atoms with E-state index in [9.17, 15) is 9.90 Å². The van der Waals surface area contributed by atoms with Crippen LogP contribution in [0.25, 0.3) is 26.3 Å². The van der Waals surface area contributed by atoms with Gasteiger partial charge >= 0.3 is 0 Å². The van der Waals surface area contributed by atoms with Crippen LogP contribution in [-0.2, 0) is 0 Å². The first-order valence-electron chi connectivity index (χ1n) is 10.1. The Labute approximate surface area is 194 Å². The van der Waals surface area contributed by atoms with Crippen molar-refractivity contribution in [1.29, 1.82) is 0 Å². The molecule has 2 heterocycles. The van der Waals surface area contributed by atoms with E-state index < -0.39 is 5.60 Å². The van der Waals surface area contributed by atoms with E-state index in [1.165, 1.54) is 22.2 Å². The van der Waals surface area contributed by atoms with Gasteiger partial charge in [0, 0.05) is 22.4 Å². The molecule has 4 rings (SSSR count). The molecule has 0 spiro atoms. The van der Waals surface area contributed by atoms with E-state index in [0.29, 0.717) is 45.5 Å². The highest BCUT2D eigenvalue weighted by Crippen LogP contribution is 2.33. The van der Waals surface area contributed by atoms with Gasteiger partial charge in [-0.3, -0.25) is 9.36 Å². The molecule has 4 aromatic rings. The van der Waals surface area contributed by atoms with Crippen LogP contribution in [-0.4, -0.2) is 34.0 Å². The molecule has 0 amide bonds. The van der Waals surface area contributed by atoms with Gasteiger partial charge in [-0.05, 0) is 49.7 Å². The van der Waals surface area contributed by atoms with Gasteiger partial charge in [0.15, 0.2) is 11.5 Å². The third kappa shape index (κ3) is 4.80. The molecule has 6 nitrogen and oxygen atoms in total. The molecule has 0 bridgehead atoms. The predicted molar refractivity (Wildman–Crippen MR) is 129 cm³/mol. The molecule has 0 unspecified atom stereocenters. The number of benzene rings is 2. The average molecular weight is 471 g/mol. The summed E-state index contributed by atoms with van der Waals surface area (Å²) in [5, 5.41) is 10.5. The fraction of sp³-hybridized carbons (Fsp3) is 0.250. The van der Waals surface area contributed by atoms with Crippen LogP contribution in [0.5, 0.6) is 11.5 Å². The van der Waals surface area contributed by atoms with Crippen molar-refractivity contribution >= 4 is 33.2 Å². The number of nitrogens with zero attached hydrogens (tertiary/aromatic N) is 2. The zero-order valence-electron chi connectivity index (χ0n) is 18.0. The molecule has 2 aromatic heterocycles. The first-order chi connectivity index (χ1) is 15.2. The van der Waals surface area contributed by atoms with Gasteiger partial charge < -0.3 is 14.6 Å².